The van der Waals surface area contributed by atoms with Crippen molar-refractivity contribution in [1.82, 2.24) is 19.6 Å². The zero-order valence-electron chi connectivity index (χ0n) is 10.0. The second-order valence-electron chi connectivity index (χ2n) is 3.93. The van der Waals surface area contributed by atoms with Gasteiger partial charge in [-0.15, -0.1) is 10.2 Å². The van der Waals surface area contributed by atoms with Crippen LogP contribution in [0.1, 0.15) is 5.82 Å². The molecule has 0 aliphatic heterocycles. The maximum absolute atomic E-state index is 13.7. The van der Waals surface area contributed by atoms with Crippen LogP contribution in [-0.4, -0.2) is 19.6 Å². The van der Waals surface area contributed by atoms with Crippen LogP contribution in [0.4, 0.5) is 10.1 Å². The van der Waals surface area contributed by atoms with Gasteiger partial charge in [0.15, 0.2) is 11.6 Å². The third-order valence-corrected chi connectivity index (χ3v) is 2.66. The maximum Gasteiger partial charge on any atom is 0.266 e. The van der Waals surface area contributed by atoms with Gasteiger partial charge in [0.1, 0.15) is 5.82 Å². The highest BCUT2D eigenvalue weighted by Gasteiger charge is 2.14. The molecular weight excluding hydrogens is 249 g/mol. The third kappa shape index (κ3) is 1.85. The summed E-state index contributed by atoms with van der Waals surface area (Å²) >= 11 is 0. The van der Waals surface area contributed by atoms with Crippen LogP contribution in [0, 0.1) is 12.7 Å². The molecule has 3 aromatic rings. The monoisotopic (exact) mass is 259 g/mol. The summed E-state index contributed by atoms with van der Waals surface area (Å²) in [4.78, 5) is 4.03. The van der Waals surface area contributed by atoms with Crippen LogP contribution in [0.15, 0.2) is 30.6 Å². The molecule has 6 nitrogen and oxygen atoms in total. The fourth-order valence-corrected chi connectivity index (χ4v) is 1.72. The number of halogens is 1. The number of nitrogen functional groups attached to an aromatic ring is 1. The van der Waals surface area contributed by atoms with Gasteiger partial charge < -0.3 is 10.5 Å². The fourth-order valence-electron chi connectivity index (χ4n) is 1.72. The molecule has 0 amide bonds. The molecular formula is C12H10FN5O. The molecule has 0 saturated carbocycles. The lowest BCUT2D eigenvalue weighted by atomic mass is 10.3. The minimum Gasteiger partial charge on any atom is -0.430 e. The van der Waals surface area contributed by atoms with Crippen LogP contribution in [0.3, 0.4) is 0 Å². The molecule has 2 heterocycles. The largest absolute Gasteiger partial charge is 0.430 e. The predicted octanol–water partition coefficient (Wildman–Crippen LogP) is 1.95. The van der Waals surface area contributed by atoms with E-state index in [0.717, 1.165) is 0 Å². The van der Waals surface area contributed by atoms with E-state index in [1.807, 2.05) is 0 Å². The van der Waals surface area contributed by atoms with E-state index in [-0.39, 0.29) is 17.3 Å². The van der Waals surface area contributed by atoms with E-state index >= 15 is 0 Å². The normalized spacial score (nSPS) is 10.8. The number of nitrogens with zero attached hydrogens (tertiary/aromatic N) is 4. The molecule has 2 aromatic heterocycles. The Morgan fingerprint density at radius 3 is 2.95 bits per heavy atom. The lowest BCUT2D eigenvalue weighted by Crippen LogP contribution is -1.99. The SMILES string of the molecule is Cc1nnc2c(Oc3c(N)cccc3F)nccn12. The van der Waals surface area contributed by atoms with Gasteiger partial charge in [0.25, 0.3) is 5.88 Å². The first-order chi connectivity index (χ1) is 9.16. The van der Waals surface area contributed by atoms with Crippen molar-refractivity contribution in [2.75, 3.05) is 5.73 Å². The minimum atomic E-state index is -0.556. The molecule has 0 unspecified atom stereocenters. The topological polar surface area (TPSA) is 78.3 Å². The van der Waals surface area contributed by atoms with Gasteiger partial charge in [-0.25, -0.2) is 9.37 Å². The van der Waals surface area contributed by atoms with Gasteiger partial charge in [-0.3, -0.25) is 4.40 Å². The van der Waals surface area contributed by atoms with Crippen LogP contribution >= 0.6 is 0 Å². The molecule has 3 rings (SSSR count). The Labute approximate surface area is 107 Å². The van der Waals surface area contributed by atoms with Crippen molar-refractivity contribution < 1.29 is 9.13 Å². The number of anilines is 1. The summed E-state index contributed by atoms with van der Waals surface area (Å²) in [5.41, 5.74) is 6.28. The van der Waals surface area contributed by atoms with Crippen molar-refractivity contribution in [3.05, 3.63) is 42.2 Å². The molecule has 0 saturated heterocycles. The molecule has 7 heteroatoms. The lowest BCUT2D eigenvalue weighted by molar-refractivity contribution is 0.431. The van der Waals surface area contributed by atoms with E-state index in [4.69, 9.17) is 10.5 Å². The van der Waals surface area contributed by atoms with Crippen molar-refractivity contribution in [3.63, 3.8) is 0 Å². The number of para-hydroxylation sites is 1. The first-order valence-corrected chi connectivity index (χ1v) is 5.55. The standard InChI is InChI=1S/C12H10FN5O/c1-7-16-17-11-12(15-5-6-18(7)11)19-10-8(13)3-2-4-9(10)14/h2-6H,14H2,1H3. The van der Waals surface area contributed by atoms with Crippen molar-refractivity contribution in [2.24, 2.45) is 0 Å². The average Bonchev–Trinajstić information content (AvgIpc) is 2.77. The first-order valence-electron chi connectivity index (χ1n) is 5.55. The second-order valence-corrected chi connectivity index (χ2v) is 3.93. The highest BCUT2D eigenvalue weighted by molar-refractivity contribution is 5.57. The summed E-state index contributed by atoms with van der Waals surface area (Å²) < 4.78 is 20.8. The summed E-state index contributed by atoms with van der Waals surface area (Å²) in [6.07, 6.45) is 3.22. The van der Waals surface area contributed by atoms with Crippen molar-refractivity contribution in [3.8, 4) is 11.6 Å². The summed E-state index contributed by atoms with van der Waals surface area (Å²) in [5.74, 6) is 0.215. The van der Waals surface area contributed by atoms with Crippen molar-refractivity contribution >= 4 is 11.3 Å². The molecule has 2 N–H and O–H groups in total. The smallest absolute Gasteiger partial charge is 0.266 e. The van der Waals surface area contributed by atoms with E-state index in [2.05, 4.69) is 15.2 Å². The zero-order chi connectivity index (χ0) is 13.4. The highest BCUT2D eigenvalue weighted by Crippen LogP contribution is 2.30. The first kappa shape index (κ1) is 11.4. The van der Waals surface area contributed by atoms with Gasteiger partial charge in [0.2, 0.25) is 5.65 Å². The van der Waals surface area contributed by atoms with Gasteiger partial charge in [-0.05, 0) is 19.1 Å². The molecule has 0 aliphatic rings. The zero-order valence-corrected chi connectivity index (χ0v) is 10.0. The molecule has 0 fully saturated rings. The van der Waals surface area contributed by atoms with Gasteiger partial charge in [0, 0.05) is 12.4 Å². The molecule has 0 spiro atoms. The summed E-state index contributed by atoms with van der Waals surface area (Å²) in [5, 5.41) is 7.85. The Morgan fingerprint density at radius 1 is 1.32 bits per heavy atom. The predicted molar refractivity (Wildman–Crippen MR) is 66.4 cm³/mol. The van der Waals surface area contributed by atoms with Crippen LogP contribution < -0.4 is 10.5 Å². The number of aryl methyl sites for hydroxylation is 1. The summed E-state index contributed by atoms with van der Waals surface area (Å²) in [6, 6.07) is 4.32. The minimum absolute atomic E-state index is 0.0660. The number of nitrogens with two attached hydrogens (primary N) is 1. The molecule has 0 atom stereocenters. The van der Waals surface area contributed by atoms with Crippen LogP contribution in [0.5, 0.6) is 11.6 Å². The highest BCUT2D eigenvalue weighted by atomic mass is 19.1. The van der Waals surface area contributed by atoms with Crippen molar-refractivity contribution in [1.29, 1.82) is 0 Å². The number of ether oxygens (including phenoxy) is 1. The fraction of sp³-hybridized carbons (Fsp3) is 0.0833. The molecule has 19 heavy (non-hydrogen) atoms. The van der Waals surface area contributed by atoms with E-state index < -0.39 is 5.82 Å². The average molecular weight is 259 g/mol. The number of benzene rings is 1. The van der Waals surface area contributed by atoms with E-state index in [0.29, 0.717) is 11.5 Å². The number of fused-ring (bicyclic) bond motifs is 1. The quantitative estimate of drug-likeness (QED) is 0.711. The molecule has 0 radical (unpaired) electrons. The van der Waals surface area contributed by atoms with Gasteiger partial charge in [-0.1, -0.05) is 6.07 Å². The van der Waals surface area contributed by atoms with Gasteiger partial charge in [-0.2, -0.15) is 0 Å². The number of hydrogen-bond acceptors (Lipinski definition) is 5. The third-order valence-electron chi connectivity index (χ3n) is 2.66. The summed E-state index contributed by atoms with van der Waals surface area (Å²) in [6.45, 7) is 1.79. The molecule has 1 aromatic carbocycles. The Kier molecular flexibility index (Phi) is 2.52. The molecule has 96 valence electrons. The van der Waals surface area contributed by atoms with E-state index in [1.165, 1.54) is 18.3 Å². The van der Waals surface area contributed by atoms with Crippen LogP contribution in [0.25, 0.3) is 5.65 Å². The van der Waals surface area contributed by atoms with Gasteiger partial charge >= 0.3 is 0 Å². The Balaban J connectivity index is 2.11. The van der Waals surface area contributed by atoms with E-state index in [1.54, 1.807) is 23.6 Å². The Hall–Kier alpha value is -2.70. The maximum atomic E-state index is 13.7. The van der Waals surface area contributed by atoms with Crippen LogP contribution in [-0.2, 0) is 0 Å². The summed E-state index contributed by atoms with van der Waals surface area (Å²) in [7, 11) is 0. The van der Waals surface area contributed by atoms with Crippen LogP contribution in [0.2, 0.25) is 0 Å². The Morgan fingerprint density at radius 2 is 2.16 bits per heavy atom. The second kappa shape index (κ2) is 4.20. The Bertz CT molecular complexity index is 735. The molecule has 0 bridgehead atoms. The van der Waals surface area contributed by atoms with E-state index in [9.17, 15) is 4.39 Å². The molecule has 0 aliphatic carbocycles. The van der Waals surface area contributed by atoms with Crippen molar-refractivity contribution in [2.45, 2.75) is 6.92 Å². The lowest BCUT2D eigenvalue weighted by Gasteiger charge is -2.08. The van der Waals surface area contributed by atoms with Gasteiger partial charge in [0.05, 0.1) is 5.69 Å². The number of aromatic nitrogens is 4. The number of rotatable bonds is 2. The number of hydrogen-bond donors (Lipinski definition) is 1.